The summed E-state index contributed by atoms with van der Waals surface area (Å²) >= 11 is 1.53. The first-order valence-electron chi connectivity index (χ1n) is 6.91. The van der Waals surface area contributed by atoms with E-state index in [1.54, 1.807) is 7.11 Å². The van der Waals surface area contributed by atoms with Crippen molar-refractivity contribution in [2.24, 2.45) is 5.92 Å². The number of thiazole rings is 1. The van der Waals surface area contributed by atoms with Gasteiger partial charge in [-0.05, 0) is 24.2 Å². The van der Waals surface area contributed by atoms with E-state index in [0.29, 0.717) is 11.0 Å². The van der Waals surface area contributed by atoms with Crippen molar-refractivity contribution in [2.75, 3.05) is 19.0 Å². The molecule has 2 N–H and O–H groups in total. The molecular formula is C14H23N3O2S. The van der Waals surface area contributed by atoms with E-state index >= 15 is 0 Å². The molecule has 1 saturated carbocycles. The van der Waals surface area contributed by atoms with Gasteiger partial charge in [0.15, 0.2) is 5.13 Å². The lowest BCUT2D eigenvalue weighted by Crippen LogP contribution is -2.47. The molecule has 0 bridgehead atoms. The van der Waals surface area contributed by atoms with Gasteiger partial charge in [-0.1, -0.05) is 20.8 Å². The van der Waals surface area contributed by atoms with Crippen molar-refractivity contribution < 1.29 is 9.53 Å². The van der Waals surface area contributed by atoms with Crippen LogP contribution in [0.5, 0.6) is 0 Å². The average Bonchev–Trinajstić information content (AvgIpc) is 2.74. The Morgan fingerprint density at radius 3 is 2.75 bits per heavy atom. The van der Waals surface area contributed by atoms with E-state index in [1.165, 1.54) is 11.3 Å². The Hall–Kier alpha value is -1.14. The van der Waals surface area contributed by atoms with E-state index in [9.17, 15) is 4.79 Å². The van der Waals surface area contributed by atoms with Crippen LogP contribution in [0.2, 0.25) is 0 Å². The molecule has 1 aromatic heterocycles. The highest BCUT2D eigenvalue weighted by Gasteiger charge is 2.30. The molecule has 2 amide bonds. The van der Waals surface area contributed by atoms with Crippen LogP contribution in [-0.2, 0) is 10.2 Å². The second-order valence-corrected chi connectivity index (χ2v) is 7.40. The van der Waals surface area contributed by atoms with E-state index in [4.69, 9.17) is 4.74 Å². The first-order valence-corrected chi connectivity index (χ1v) is 7.73. The average molecular weight is 297 g/mol. The predicted molar refractivity (Wildman–Crippen MR) is 81.4 cm³/mol. The lowest BCUT2D eigenvalue weighted by molar-refractivity contribution is 0.0916. The number of urea groups is 1. The summed E-state index contributed by atoms with van der Waals surface area (Å²) in [6.07, 6.45) is 3.82. The summed E-state index contributed by atoms with van der Waals surface area (Å²) in [5.41, 5.74) is 0.0649. The lowest BCUT2D eigenvalue weighted by atomic mass is 9.81. The van der Waals surface area contributed by atoms with Crippen LogP contribution < -0.4 is 10.6 Å². The van der Waals surface area contributed by atoms with E-state index in [2.05, 4.69) is 36.4 Å². The van der Waals surface area contributed by atoms with Crippen molar-refractivity contribution in [2.45, 2.75) is 45.1 Å². The third kappa shape index (κ3) is 3.93. The largest absolute Gasteiger partial charge is 0.384 e. The molecule has 1 aromatic rings. The Labute approximate surface area is 124 Å². The monoisotopic (exact) mass is 297 g/mol. The van der Waals surface area contributed by atoms with Crippen LogP contribution in [0.3, 0.4) is 0 Å². The topological polar surface area (TPSA) is 63.2 Å². The molecular weight excluding hydrogens is 274 g/mol. The maximum atomic E-state index is 11.9. The number of nitrogens with one attached hydrogen (secondary N) is 2. The van der Waals surface area contributed by atoms with Crippen LogP contribution in [0.1, 0.15) is 38.5 Å². The normalized spacial score (nSPS) is 22.2. The highest BCUT2D eigenvalue weighted by Crippen LogP contribution is 2.30. The van der Waals surface area contributed by atoms with Crippen LogP contribution in [0.25, 0.3) is 0 Å². The van der Waals surface area contributed by atoms with Crippen molar-refractivity contribution in [3.63, 3.8) is 0 Å². The van der Waals surface area contributed by atoms with Crippen LogP contribution in [0.15, 0.2) is 6.20 Å². The van der Waals surface area contributed by atoms with Gasteiger partial charge in [-0.15, -0.1) is 11.3 Å². The summed E-state index contributed by atoms with van der Waals surface area (Å²) in [5, 5.41) is 6.42. The summed E-state index contributed by atoms with van der Waals surface area (Å²) in [7, 11) is 1.71. The van der Waals surface area contributed by atoms with Crippen LogP contribution in [0, 0.1) is 5.92 Å². The van der Waals surface area contributed by atoms with Gasteiger partial charge in [-0.2, -0.15) is 0 Å². The van der Waals surface area contributed by atoms with Crippen molar-refractivity contribution in [3.8, 4) is 0 Å². The molecule has 6 heteroatoms. The fourth-order valence-corrected chi connectivity index (χ4v) is 3.09. The van der Waals surface area contributed by atoms with Gasteiger partial charge in [0, 0.05) is 30.8 Å². The van der Waals surface area contributed by atoms with Gasteiger partial charge < -0.3 is 10.1 Å². The Kier molecular flexibility index (Phi) is 4.65. The van der Waals surface area contributed by atoms with Crippen LogP contribution in [0.4, 0.5) is 9.93 Å². The maximum Gasteiger partial charge on any atom is 0.321 e. The maximum absolute atomic E-state index is 11.9. The predicted octanol–water partition coefficient (Wildman–Crippen LogP) is 2.99. The van der Waals surface area contributed by atoms with E-state index in [0.717, 1.165) is 24.3 Å². The van der Waals surface area contributed by atoms with E-state index in [-0.39, 0.29) is 17.5 Å². The number of nitrogens with zero attached hydrogens (tertiary/aromatic N) is 1. The highest BCUT2D eigenvalue weighted by atomic mass is 32.1. The van der Waals surface area contributed by atoms with Crippen molar-refractivity contribution in [3.05, 3.63) is 11.1 Å². The van der Waals surface area contributed by atoms with Gasteiger partial charge in [-0.3, -0.25) is 5.32 Å². The quantitative estimate of drug-likeness (QED) is 0.898. The molecule has 0 unspecified atom stereocenters. The Morgan fingerprint density at radius 1 is 1.50 bits per heavy atom. The summed E-state index contributed by atoms with van der Waals surface area (Å²) in [4.78, 5) is 17.3. The number of hydrogen-bond acceptors (Lipinski definition) is 4. The third-order valence-electron chi connectivity index (χ3n) is 3.44. The Balaban J connectivity index is 1.77. The lowest BCUT2D eigenvalue weighted by Gasteiger charge is -2.35. The molecule has 1 heterocycles. The zero-order valence-corrected chi connectivity index (χ0v) is 13.3. The fraction of sp³-hybridized carbons (Fsp3) is 0.714. The van der Waals surface area contributed by atoms with Gasteiger partial charge >= 0.3 is 6.03 Å². The van der Waals surface area contributed by atoms with E-state index in [1.807, 2.05) is 6.20 Å². The van der Waals surface area contributed by atoms with Gasteiger partial charge in [0.05, 0.1) is 0 Å². The molecule has 1 fully saturated rings. The van der Waals surface area contributed by atoms with Crippen molar-refractivity contribution in [1.82, 2.24) is 10.3 Å². The second kappa shape index (κ2) is 6.10. The number of hydrogen-bond donors (Lipinski definition) is 2. The van der Waals surface area contributed by atoms with Gasteiger partial charge in [0.1, 0.15) is 0 Å². The van der Waals surface area contributed by atoms with Gasteiger partial charge in [0.2, 0.25) is 0 Å². The zero-order chi connectivity index (χ0) is 14.8. The number of carbonyl (C=O) groups excluding carboxylic acids is 1. The smallest absolute Gasteiger partial charge is 0.321 e. The molecule has 0 atom stereocenters. The molecule has 1 aliphatic rings. The van der Waals surface area contributed by atoms with Crippen molar-refractivity contribution >= 4 is 22.5 Å². The second-order valence-electron chi connectivity index (χ2n) is 6.37. The number of amides is 2. The molecule has 2 rings (SSSR count). The molecule has 1 aliphatic carbocycles. The van der Waals surface area contributed by atoms with Crippen LogP contribution in [-0.4, -0.2) is 30.8 Å². The van der Waals surface area contributed by atoms with Crippen molar-refractivity contribution in [1.29, 1.82) is 0 Å². The summed E-state index contributed by atoms with van der Waals surface area (Å²) in [5.74, 6) is 0.581. The van der Waals surface area contributed by atoms with E-state index < -0.39 is 0 Å². The summed E-state index contributed by atoms with van der Waals surface area (Å²) in [6, 6.07) is 0.0953. The minimum Gasteiger partial charge on any atom is -0.384 e. The fourth-order valence-electron chi connectivity index (χ4n) is 2.22. The molecule has 0 aromatic carbocycles. The molecule has 112 valence electrons. The summed E-state index contributed by atoms with van der Waals surface area (Å²) in [6.45, 7) is 7.18. The number of carbonyl (C=O) groups is 1. The number of methoxy groups -OCH3 is 1. The minimum absolute atomic E-state index is 0.0649. The van der Waals surface area contributed by atoms with Crippen LogP contribution >= 0.6 is 11.3 Å². The van der Waals surface area contributed by atoms with Gasteiger partial charge in [-0.25, -0.2) is 9.78 Å². The van der Waals surface area contributed by atoms with Gasteiger partial charge in [0.25, 0.3) is 0 Å². The molecule has 0 saturated heterocycles. The molecule has 0 spiro atoms. The Bertz CT molecular complexity index is 461. The number of ether oxygens (including phenoxy) is 1. The first-order chi connectivity index (χ1) is 9.38. The SMILES string of the molecule is COCC1CC(NC(=O)Nc2ncc(C(C)(C)C)s2)C1. The molecule has 20 heavy (non-hydrogen) atoms. The Morgan fingerprint density at radius 2 is 2.20 bits per heavy atom. The third-order valence-corrected chi connectivity index (χ3v) is 4.78. The molecule has 5 nitrogen and oxygen atoms in total. The number of rotatable bonds is 4. The molecule has 0 aliphatic heterocycles. The molecule has 0 radical (unpaired) electrons. The first kappa shape index (κ1) is 15.3. The number of anilines is 1. The standard InChI is InChI=1S/C14H23N3O2S/c1-14(2,3)11-7-15-13(20-11)17-12(18)16-10-5-9(6-10)8-19-4/h7,9-10H,5-6,8H2,1-4H3,(H2,15,16,17,18). The summed E-state index contributed by atoms with van der Waals surface area (Å²) < 4.78 is 5.09. The number of aromatic nitrogens is 1. The minimum atomic E-state index is -0.166. The highest BCUT2D eigenvalue weighted by molar-refractivity contribution is 7.15. The zero-order valence-electron chi connectivity index (χ0n) is 12.5.